The van der Waals surface area contributed by atoms with E-state index in [0.29, 0.717) is 19.4 Å². The molecule has 0 saturated carbocycles. The number of carbonyl (C=O) groups excluding carboxylic acids is 3. The third-order valence-electron chi connectivity index (χ3n) is 6.69. The molecule has 0 aliphatic heterocycles. The van der Waals surface area contributed by atoms with Crippen molar-refractivity contribution >= 4 is 34.6 Å². The van der Waals surface area contributed by atoms with Crippen LogP contribution in [0.2, 0.25) is 0 Å². The van der Waals surface area contributed by atoms with Crippen molar-refractivity contribution in [3.8, 4) is 0 Å². The quantitative estimate of drug-likeness (QED) is 0.137. The summed E-state index contributed by atoms with van der Waals surface area (Å²) in [5.74, 6) is -2.93. The van der Waals surface area contributed by atoms with Gasteiger partial charge in [-0.05, 0) is 43.5 Å². The summed E-state index contributed by atoms with van der Waals surface area (Å²) in [6.07, 6.45) is 3.78. The van der Waals surface area contributed by atoms with Crippen LogP contribution in [0.3, 0.4) is 0 Å². The number of rotatable bonds is 15. The lowest BCUT2D eigenvalue weighted by Crippen LogP contribution is -2.57. The molecule has 0 fully saturated rings. The van der Waals surface area contributed by atoms with E-state index < -0.39 is 47.9 Å². The Kier molecular flexibility index (Phi) is 11.2. The lowest BCUT2D eigenvalue weighted by molar-refractivity contribution is -0.142. The molecule has 0 radical (unpaired) electrons. The Hall–Kier alpha value is -4.22. The predicted molar refractivity (Wildman–Crippen MR) is 152 cm³/mol. The second kappa shape index (κ2) is 14.8. The molecule has 0 bridgehead atoms. The van der Waals surface area contributed by atoms with Gasteiger partial charge in [-0.3, -0.25) is 14.4 Å². The Morgan fingerprint density at radius 3 is 2.23 bits per heavy atom. The van der Waals surface area contributed by atoms with Crippen molar-refractivity contribution in [2.24, 2.45) is 11.5 Å². The third kappa shape index (κ3) is 8.65. The van der Waals surface area contributed by atoms with Crippen LogP contribution in [0, 0.1) is 0 Å². The van der Waals surface area contributed by atoms with Crippen molar-refractivity contribution in [2.45, 2.75) is 63.2 Å². The van der Waals surface area contributed by atoms with E-state index in [4.69, 9.17) is 11.5 Å². The number of aromatic nitrogens is 1. The molecule has 3 amide bonds. The summed E-state index contributed by atoms with van der Waals surface area (Å²) < 4.78 is 0. The molecule has 3 aromatic rings. The molecule has 11 nitrogen and oxygen atoms in total. The lowest BCUT2D eigenvalue weighted by atomic mass is 10.0. The van der Waals surface area contributed by atoms with Crippen LogP contribution in [-0.4, -0.2) is 64.5 Å². The van der Waals surface area contributed by atoms with E-state index in [9.17, 15) is 24.3 Å². The summed E-state index contributed by atoms with van der Waals surface area (Å²) in [5.41, 5.74) is 13.8. The zero-order chi connectivity index (χ0) is 29.1. The van der Waals surface area contributed by atoms with Crippen LogP contribution in [0.1, 0.15) is 37.3 Å². The normalized spacial score (nSPS) is 14.1. The Labute approximate surface area is 233 Å². The molecule has 4 unspecified atom stereocenters. The fourth-order valence-corrected chi connectivity index (χ4v) is 4.37. The molecule has 0 saturated heterocycles. The molecule has 0 spiro atoms. The number of hydrogen-bond donors (Lipinski definition) is 7. The number of aromatic amines is 1. The fraction of sp³-hybridized carbons (Fsp3) is 0.379. The summed E-state index contributed by atoms with van der Waals surface area (Å²) in [6.45, 7) is 2.00. The standard InChI is InChI=1S/C29H38N6O5/c1-18(33-27(37)22(31)12-7-8-14-30)26(36)34-24(16-20-17-32-23-13-6-5-11-21(20)23)28(38)35-25(29(39)40)15-19-9-3-2-4-10-19/h2-6,9-11,13,17-18,22,24-25,32H,7-8,12,14-16,30-31H2,1H3,(H,33,37)(H,34,36)(H,35,38)(H,39,40). The summed E-state index contributed by atoms with van der Waals surface area (Å²) in [5, 5.41) is 18.5. The minimum absolute atomic E-state index is 0.0736. The highest BCUT2D eigenvalue weighted by molar-refractivity contribution is 5.94. The Bertz CT molecular complexity index is 1290. The van der Waals surface area contributed by atoms with Crippen LogP contribution >= 0.6 is 0 Å². The summed E-state index contributed by atoms with van der Waals surface area (Å²) in [7, 11) is 0. The molecule has 214 valence electrons. The van der Waals surface area contributed by atoms with Crippen LogP contribution in [0.5, 0.6) is 0 Å². The SMILES string of the molecule is CC(NC(=O)C(N)CCCCN)C(=O)NC(Cc1c[nH]c2ccccc12)C(=O)NC(Cc1ccccc1)C(=O)O. The van der Waals surface area contributed by atoms with Gasteiger partial charge >= 0.3 is 5.97 Å². The minimum Gasteiger partial charge on any atom is -0.480 e. The van der Waals surface area contributed by atoms with Crippen molar-refractivity contribution in [3.05, 3.63) is 71.9 Å². The number of carbonyl (C=O) groups is 4. The van der Waals surface area contributed by atoms with E-state index >= 15 is 0 Å². The number of carboxylic acids is 1. The number of H-pyrrole nitrogens is 1. The second-order valence-corrected chi connectivity index (χ2v) is 9.84. The first-order chi connectivity index (χ1) is 19.2. The number of fused-ring (bicyclic) bond motifs is 1. The fourth-order valence-electron chi connectivity index (χ4n) is 4.37. The zero-order valence-corrected chi connectivity index (χ0v) is 22.6. The highest BCUT2D eigenvalue weighted by Crippen LogP contribution is 2.19. The summed E-state index contributed by atoms with van der Waals surface area (Å²) in [6, 6.07) is 12.4. The zero-order valence-electron chi connectivity index (χ0n) is 22.6. The second-order valence-electron chi connectivity index (χ2n) is 9.84. The Balaban J connectivity index is 1.75. The molecule has 2 aromatic carbocycles. The van der Waals surface area contributed by atoms with Gasteiger partial charge in [0.1, 0.15) is 18.1 Å². The predicted octanol–water partition coefficient (Wildman–Crippen LogP) is 0.968. The van der Waals surface area contributed by atoms with Crippen LogP contribution in [0.15, 0.2) is 60.8 Å². The van der Waals surface area contributed by atoms with Gasteiger partial charge in [-0.1, -0.05) is 55.0 Å². The topological polar surface area (TPSA) is 192 Å². The number of unbranched alkanes of at least 4 members (excludes halogenated alkanes) is 1. The highest BCUT2D eigenvalue weighted by Gasteiger charge is 2.29. The first-order valence-electron chi connectivity index (χ1n) is 13.4. The van der Waals surface area contributed by atoms with Crippen LogP contribution in [-0.2, 0) is 32.0 Å². The molecule has 40 heavy (non-hydrogen) atoms. The van der Waals surface area contributed by atoms with Gasteiger partial charge in [-0.25, -0.2) is 4.79 Å². The molecular weight excluding hydrogens is 512 g/mol. The molecule has 1 aromatic heterocycles. The van der Waals surface area contributed by atoms with Crippen molar-refractivity contribution in [1.82, 2.24) is 20.9 Å². The van der Waals surface area contributed by atoms with E-state index in [1.54, 1.807) is 30.5 Å². The third-order valence-corrected chi connectivity index (χ3v) is 6.69. The van der Waals surface area contributed by atoms with E-state index in [2.05, 4.69) is 20.9 Å². The minimum atomic E-state index is -1.21. The highest BCUT2D eigenvalue weighted by atomic mass is 16.4. The molecule has 3 rings (SSSR count). The van der Waals surface area contributed by atoms with Gasteiger partial charge in [-0.2, -0.15) is 0 Å². The molecule has 0 aliphatic rings. The number of nitrogens with one attached hydrogen (secondary N) is 4. The molecular formula is C29H38N6O5. The molecule has 0 aliphatic carbocycles. The first kappa shape index (κ1) is 30.3. The molecule has 11 heteroatoms. The average molecular weight is 551 g/mol. The first-order valence-corrected chi connectivity index (χ1v) is 13.4. The maximum absolute atomic E-state index is 13.4. The largest absolute Gasteiger partial charge is 0.480 e. The number of hydrogen-bond acceptors (Lipinski definition) is 6. The molecule has 9 N–H and O–H groups in total. The number of aliphatic carboxylic acids is 1. The van der Waals surface area contributed by atoms with Crippen molar-refractivity contribution in [2.75, 3.05) is 6.54 Å². The van der Waals surface area contributed by atoms with Gasteiger partial charge in [0.05, 0.1) is 6.04 Å². The van der Waals surface area contributed by atoms with E-state index in [1.807, 2.05) is 30.3 Å². The van der Waals surface area contributed by atoms with E-state index in [0.717, 1.165) is 28.5 Å². The van der Waals surface area contributed by atoms with Gasteiger partial charge in [0.25, 0.3) is 0 Å². The maximum Gasteiger partial charge on any atom is 0.326 e. The van der Waals surface area contributed by atoms with Gasteiger partial charge in [-0.15, -0.1) is 0 Å². The average Bonchev–Trinajstić information content (AvgIpc) is 3.35. The van der Waals surface area contributed by atoms with Gasteiger partial charge in [0.15, 0.2) is 0 Å². The number of para-hydroxylation sites is 1. The number of amides is 3. The number of carboxylic acid groups (broad SMARTS) is 1. The summed E-state index contributed by atoms with van der Waals surface area (Å²) >= 11 is 0. The maximum atomic E-state index is 13.4. The van der Waals surface area contributed by atoms with Gasteiger partial charge < -0.3 is 37.5 Å². The van der Waals surface area contributed by atoms with Gasteiger partial charge in [0.2, 0.25) is 17.7 Å². The van der Waals surface area contributed by atoms with Crippen molar-refractivity contribution < 1.29 is 24.3 Å². The van der Waals surface area contributed by atoms with Crippen LogP contribution in [0.4, 0.5) is 0 Å². The Morgan fingerprint density at radius 2 is 1.52 bits per heavy atom. The molecule has 4 atom stereocenters. The number of benzene rings is 2. The summed E-state index contributed by atoms with van der Waals surface area (Å²) in [4.78, 5) is 54.1. The van der Waals surface area contributed by atoms with Crippen molar-refractivity contribution in [1.29, 1.82) is 0 Å². The smallest absolute Gasteiger partial charge is 0.326 e. The van der Waals surface area contributed by atoms with Crippen molar-refractivity contribution in [3.63, 3.8) is 0 Å². The monoisotopic (exact) mass is 550 g/mol. The lowest BCUT2D eigenvalue weighted by Gasteiger charge is -2.24. The van der Waals surface area contributed by atoms with Crippen LogP contribution < -0.4 is 27.4 Å². The Morgan fingerprint density at radius 1 is 0.850 bits per heavy atom. The number of nitrogens with two attached hydrogens (primary N) is 2. The van der Waals surface area contributed by atoms with Crippen LogP contribution in [0.25, 0.3) is 10.9 Å². The van der Waals surface area contributed by atoms with Gasteiger partial charge in [0, 0.05) is 29.9 Å². The van der Waals surface area contributed by atoms with E-state index in [-0.39, 0.29) is 12.8 Å². The molecule has 1 heterocycles. The van der Waals surface area contributed by atoms with E-state index in [1.165, 1.54) is 6.92 Å².